The first-order chi connectivity index (χ1) is 6.42. The molecule has 2 aliphatic rings. The number of rotatable bonds is 1. The monoisotopic (exact) mass is 213 g/mol. The molecule has 1 fully saturated rings. The van der Waals surface area contributed by atoms with Crippen molar-refractivity contribution in [2.75, 3.05) is 0 Å². The summed E-state index contributed by atoms with van der Waals surface area (Å²) in [5, 5.41) is 5.42. The smallest absolute Gasteiger partial charge is 0.401 e. The maximum Gasteiger partial charge on any atom is 0.493 e. The van der Waals surface area contributed by atoms with Gasteiger partial charge in [-0.15, -0.1) is 11.8 Å². The Morgan fingerprint density at radius 2 is 1.79 bits per heavy atom. The van der Waals surface area contributed by atoms with Crippen LogP contribution in [-0.2, 0) is 9.31 Å². The Morgan fingerprint density at radius 3 is 2.21 bits per heavy atom. The highest BCUT2D eigenvalue weighted by molar-refractivity contribution is 8.04. The molecule has 5 heteroatoms. The van der Waals surface area contributed by atoms with Crippen LogP contribution in [0.1, 0.15) is 27.7 Å². The van der Waals surface area contributed by atoms with Crippen LogP contribution in [0.25, 0.3) is 0 Å². The SMILES string of the molecule is CC1(C)OB(C2NC=CS2)OC1(C)C. The van der Waals surface area contributed by atoms with Gasteiger partial charge in [-0.05, 0) is 33.1 Å². The third kappa shape index (κ3) is 1.57. The molecule has 1 unspecified atom stereocenters. The molecule has 2 rings (SSSR count). The van der Waals surface area contributed by atoms with Crippen LogP contribution >= 0.6 is 11.8 Å². The molecule has 0 aliphatic carbocycles. The summed E-state index contributed by atoms with van der Waals surface area (Å²) in [6.07, 6.45) is 1.93. The van der Waals surface area contributed by atoms with Crippen LogP contribution in [0.5, 0.6) is 0 Å². The van der Waals surface area contributed by atoms with Gasteiger partial charge in [0.25, 0.3) is 0 Å². The maximum absolute atomic E-state index is 5.90. The average molecular weight is 213 g/mol. The molecule has 3 nitrogen and oxygen atoms in total. The van der Waals surface area contributed by atoms with Crippen LogP contribution in [0.15, 0.2) is 11.6 Å². The van der Waals surface area contributed by atoms with E-state index in [1.165, 1.54) is 0 Å². The minimum Gasteiger partial charge on any atom is -0.401 e. The first-order valence-corrected chi connectivity index (χ1v) is 5.79. The Kier molecular flexibility index (Phi) is 2.36. The molecule has 0 radical (unpaired) electrons. The van der Waals surface area contributed by atoms with E-state index in [0.717, 1.165) is 0 Å². The van der Waals surface area contributed by atoms with Gasteiger partial charge in [-0.1, -0.05) is 0 Å². The van der Waals surface area contributed by atoms with E-state index in [2.05, 4.69) is 33.0 Å². The fourth-order valence-electron chi connectivity index (χ4n) is 1.45. The van der Waals surface area contributed by atoms with Gasteiger partial charge in [-0.3, -0.25) is 0 Å². The van der Waals surface area contributed by atoms with E-state index in [-0.39, 0.29) is 23.6 Å². The van der Waals surface area contributed by atoms with E-state index in [9.17, 15) is 0 Å². The molecular formula is C9H16BNO2S. The second kappa shape index (κ2) is 3.19. The molecule has 1 N–H and O–H groups in total. The van der Waals surface area contributed by atoms with Crippen molar-refractivity contribution < 1.29 is 9.31 Å². The quantitative estimate of drug-likeness (QED) is 0.672. The van der Waals surface area contributed by atoms with E-state index in [1.54, 1.807) is 11.8 Å². The molecule has 14 heavy (non-hydrogen) atoms. The Morgan fingerprint density at radius 1 is 1.21 bits per heavy atom. The minimum atomic E-state index is -0.234. The lowest BCUT2D eigenvalue weighted by atomic mass is 9.90. The summed E-state index contributed by atoms with van der Waals surface area (Å²) in [5.41, 5.74) is -0.467. The molecule has 0 spiro atoms. The van der Waals surface area contributed by atoms with E-state index >= 15 is 0 Å². The summed E-state index contributed by atoms with van der Waals surface area (Å²) >= 11 is 1.70. The van der Waals surface area contributed by atoms with Crippen molar-refractivity contribution in [3.05, 3.63) is 11.6 Å². The van der Waals surface area contributed by atoms with E-state index in [4.69, 9.17) is 9.31 Å². The third-order valence-electron chi connectivity index (χ3n) is 3.07. The Hall–Kier alpha value is -0.125. The molecule has 78 valence electrons. The Bertz CT molecular complexity index is 244. The summed E-state index contributed by atoms with van der Waals surface area (Å²) in [6.45, 7) is 8.28. The van der Waals surface area contributed by atoms with Gasteiger partial charge in [0.2, 0.25) is 0 Å². The summed E-state index contributed by atoms with van der Waals surface area (Å²) in [5.74, 6) is 0. The van der Waals surface area contributed by atoms with Gasteiger partial charge >= 0.3 is 7.12 Å². The second-order valence-electron chi connectivity index (χ2n) is 4.65. The van der Waals surface area contributed by atoms with Crippen LogP contribution in [0, 0.1) is 0 Å². The number of hydrogen-bond acceptors (Lipinski definition) is 4. The van der Waals surface area contributed by atoms with Crippen molar-refractivity contribution in [2.24, 2.45) is 0 Å². The number of thioether (sulfide) groups is 1. The molecule has 2 aliphatic heterocycles. The standard InChI is InChI=1S/C9H16BNO2S/c1-8(2)9(3,4)13-10(12-8)7-11-5-6-14-7/h5-7,11H,1-4H3. The highest BCUT2D eigenvalue weighted by Crippen LogP contribution is 2.39. The predicted octanol–water partition coefficient (Wildman–Crippen LogP) is 1.75. The zero-order valence-electron chi connectivity index (χ0n) is 9.03. The topological polar surface area (TPSA) is 30.5 Å². The highest BCUT2D eigenvalue weighted by atomic mass is 32.2. The zero-order valence-corrected chi connectivity index (χ0v) is 9.85. The van der Waals surface area contributed by atoms with Crippen molar-refractivity contribution in [3.8, 4) is 0 Å². The Balaban J connectivity index is 2.06. The normalized spacial score (nSPS) is 33.4. The van der Waals surface area contributed by atoms with Crippen molar-refractivity contribution in [3.63, 3.8) is 0 Å². The van der Waals surface area contributed by atoms with Crippen molar-refractivity contribution in [1.29, 1.82) is 0 Å². The van der Waals surface area contributed by atoms with Crippen molar-refractivity contribution in [1.82, 2.24) is 5.32 Å². The molecule has 2 heterocycles. The van der Waals surface area contributed by atoms with Gasteiger partial charge in [-0.2, -0.15) is 0 Å². The minimum absolute atomic E-state index is 0.167. The molecule has 0 aromatic rings. The maximum atomic E-state index is 5.90. The molecule has 0 saturated carbocycles. The fourth-order valence-corrected chi connectivity index (χ4v) is 2.18. The molecular weight excluding hydrogens is 197 g/mol. The van der Waals surface area contributed by atoms with Gasteiger partial charge < -0.3 is 14.6 Å². The lowest BCUT2D eigenvalue weighted by Gasteiger charge is -2.32. The predicted molar refractivity (Wildman–Crippen MR) is 59.7 cm³/mol. The van der Waals surface area contributed by atoms with Gasteiger partial charge in [0.1, 0.15) is 5.27 Å². The van der Waals surface area contributed by atoms with E-state index in [1.807, 2.05) is 11.6 Å². The van der Waals surface area contributed by atoms with Crippen LogP contribution in [0.3, 0.4) is 0 Å². The lowest BCUT2D eigenvalue weighted by molar-refractivity contribution is 0.00578. The average Bonchev–Trinajstić information content (AvgIpc) is 2.58. The zero-order chi connectivity index (χ0) is 10.4. The van der Waals surface area contributed by atoms with E-state index < -0.39 is 0 Å². The van der Waals surface area contributed by atoms with Gasteiger partial charge in [0.15, 0.2) is 0 Å². The summed E-state index contributed by atoms with van der Waals surface area (Å²) in [6, 6.07) is 0. The molecule has 0 aromatic heterocycles. The van der Waals surface area contributed by atoms with Gasteiger partial charge in [0.05, 0.1) is 11.2 Å². The van der Waals surface area contributed by atoms with Gasteiger partial charge in [0, 0.05) is 6.20 Å². The summed E-state index contributed by atoms with van der Waals surface area (Å²) in [7, 11) is -0.167. The van der Waals surface area contributed by atoms with Crippen LogP contribution in [0.4, 0.5) is 0 Å². The molecule has 1 saturated heterocycles. The van der Waals surface area contributed by atoms with Gasteiger partial charge in [-0.25, -0.2) is 0 Å². The first-order valence-electron chi connectivity index (χ1n) is 4.85. The summed E-state index contributed by atoms with van der Waals surface area (Å²) < 4.78 is 11.8. The Labute approximate surface area is 89.8 Å². The number of nitrogens with one attached hydrogen (secondary N) is 1. The fraction of sp³-hybridized carbons (Fsp3) is 0.778. The van der Waals surface area contributed by atoms with E-state index in [0.29, 0.717) is 0 Å². The molecule has 0 aromatic carbocycles. The highest BCUT2D eigenvalue weighted by Gasteiger charge is 2.54. The summed E-state index contributed by atoms with van der Waals surface area (Å²) in [4.78, 5) is 0. The largest absolute Gasteiger partial charge is 0.493 e. The lowest BCUT2D eigenvalue weighted by Crippen LogP contribution is -2.41. The van der Waals surface area contributed by atoms with Crippen LogP contribution in [0.2, 0.25) is 0 Å². The first kappa shape index (κ1) is 10.4. The molecule has 1 atom stereocenters. The molecule has 0 amide bonds. The van der Waals surface area contributed by atoms with Crippen molar-refractivity contribution >= 4 is 18.9 Å². The number of hydrogen-bond donors (Lipinski definition) is 1. The second-order valence-corrected chi connectivity index (χ2v) is 5.70. The third-order valence-corrected chi connectivity index (χ3v) is 4.02. The van der Waals surface area contributed by atoms with Crippen LogP contribution < -0.4 is 5.32 Å². The van der Waals surface area contributed by atoms with Crippen molar-refractivity contribution in [2.45, 2.75) is 44.2 Å². The van der Waals surface area contributed by atoms with Crippen LogP contribution in [-0.4, -0.2) is 23.6 Å². The molecule has 0 bridgehead atoms.